The van der Waals surface area contributed by atoms with Crippen molar-refractivity contribution in [2.75, 3.05) is 4.90 Å². The van der Waals surface area contributed by atoms with Crippen LogP contribution in [0.25, 0.3) is 87.3 Å². The quantitative estimate of drug-likeness (QED) is 0.168. The first kappa shape index (κ1) is 30.5. The zero-order chi connectivity index (χ0) is 35.6. The molecule has 252 valence electrons. The molecule has 11 aromatic rings. The molecule has 0 bridgehead atoms. The highest BCUT2D eigenvalue weighted by Crippen LogP contribution is 2.49. The van der Waals surface area contributed by atoms with Gasteiger partial charge >= 0.3 is 0 Å². The second-order valence-corrected chi connectivity index (χ2v) is 14.0. The van der Waals surface area contributed by atoms with Gasteiger partial charge in [0.1, 0.15) is 11.2 Å². The van der Waals surface area contributed by atoms with Crippen LogP contribution in [0.1, 0.15) is 0 Å². The SMILES string of the molecule is c1ccc(-c2cccc3c(N(c4ccc5c(ccc6ccccc65)c4)c4ccc(-c5cccc6ccccc56)c5oc6ccccc6c45)cccc23)cc1. The minimum Gasteiger partial charge on any atom is -0.455 e. The molecule has 0 aliphatic carbocycles. The normalized spacial score (nSPS) is 11.7. The van der Waals surface area contributed by atoms with Gasteiger partial charge in [-0.15, -0.1) is 0 Å². The number of benzene rings is 10. The molecule has 2 heteroatoms. The Balaban J connectivity index is 1.23. The van der Waals surface area contributed by atoms with Crippen molar-refractivity contribution in [2.24, 2.45) is 0 Å². The summed E-state index contributed by atoms with van der Waals surface area (Å²) in [6.07, 6.45) is 0. The van der Waals surface area contributed by atoms with Gasteiger partial charge in [0.25, 0.3) is 0 Å². The summed E-state index contributed by atoms with van der Waals surface area (Å²) in [6.45, 7) is 0. The van der Waals surface area contributed by atoms with Crippen LogP contribution in [-0.4, -0.2) is 0 Å². The third kappa shape index (κ3) is 4.74. The summed E-state index contributed by atoms with van der Waals surface area (Å²) in [5, 5.41) is 11.9. The summed E-state index contributed by atoms with van der Waals surface area (Å²) in [6, 6.07) is 72.2. The second kappa shape index (κ2) is 12.2. The maximum Gasteiger partial charge on any atom is 0.145 e. The molecule has 0 saturated heterocycles. The molecule has 0 amide bonds. The van der Waals surface area contributed by atoms with Crippen molar-refractivity contribution < 1.29 is 4.42 Å². The molecule has 0 atom stereocenters. The molecule has 1 aromatic heterocycles. The molecule has 10 aromatic carbocycles. The van der Waals surface area contributed by atoms with Crippen molar-refractivity contribution in [3.05, 3.63) is 200 Å². The smallest absolute Gasteiger partial charge is 0.145 e. The van der Waals surface area contributed by atoms with E-state index in [1.165, 1.54) is 54.2 Å². The van der Waals surface area contributed by atoms with Gasteiger partial charge in [-0.1, -0.05) is 164 Å². The zero-order valence-electron chi connectivity index (χ0n) is 29.4. The third-order valence-corrected chi connectivity index (χ3v) is 11.0. The second-order valence-electron chi connectivity index (χ2n) is 14.0. The Morgan fingerprint density at radius 3 is 1.85 bits per heavy atom. The van der Waals surface area contributed by atoms with Crippen molar-refractivity contribution in [3.63, 3.8) is 0 Å². The lowest BCUT2D eigenvalue weighted by Crippen LogP contribution is -2.11. The van der Waals surface area contributed by atoms with Crippen molar-refractivity contribution in [1.82, 2.24) is 0 Å². The van der Waals surface area contributed by atoms with E-state index in [0.29, 0.717) is 0 Å². The molecule has 54 heavy (non-hydrogen) atoms. The number of para-hydroxylation sites is 1. The van der Waals surface area contributed by atoms with E-state index >= 15 is 0 Å². The molecule has 0 aliphatic heterocycles. The van der Waals surface area contributed by atoms with Crippen LogP contribution >= 0.6 is 0 Å². The number of hydrogen-bond donors (Lipinski definition) is 0. The lowest BCUT2D eigenvalue weighted by Gasteiger charge is -2.28. The number of nitrogens with zero attached hydrogens (tertiary/aromatic N) is 1. The summed E-state index contributed by atoms with van der Waals surface area (Å²) in [5.74, 6) is 0. The molecule has 2 nitrogen and oxygen atoms in total. The Hall–Kier alpha value is -7.16. The Labute approximate surface area is 312 Å². The van der Waals surface area contributed by atoms with E-state index in [-0.39, 0.29) is 0 Å². The molecule has 0 fully saturated rings. The zero-order valence-corrected chi connectivity index (χ0v) is 29.4. The number of anilines is 3. The van der Waals surface area contributed by atoms with Gasteiger partial charge in [-0.3, -0.25) is 0 Å². The highest BCUT2D eigenvalue weighted by atomic mass is 16.3. The van der Waals surface area contributed by atoms with Crippen LogP contribution in [0.5, 0.6) is 0 Å². The van der Waals surface area contributed by atoms with Crippen LogP contribution in [0.2, 0.25) is 0 Å². The van der Waals surface area contributed by atoms with Gasteiger partial charge < -0.3 is 9.32 Å². The topological polar surface area (TPSA) is 16.4 Å². The number of rotatable bonds is 5. The highest BCUT2D eigenvalue weighted by Gasteiger charge is 2.24. The van der Waals surface area contributed by atoms with Gasteiger partial charge in [0.2, 0.25) is 0 Å². The molecule has 0 radical (unpaired) electrons. The van der Waals surface area contributed by atoms with Gasteiger partial charge in [-0.05, 0) is 90.8 Å². The fourth-order valence-electron chi connectivity index (χ4n) is 8.57. The first-order valence-electron chi connectivity index (χ1n) is 18.5. The Morgan fingerprint density at radius 2 is 0.963 bits per heavy atom. The van der Waals surface area contributed by atoms with Crippen LogP contribution in [0.15, 0.2) is 205 Å². The summed E-state index contributed by atoms with van der Waals surface area (Å²) < 4.78 is 6.91. The van der Waals surface area contributed by atoms with Crippen LogP contribution in [0.4, 0.5) is 17.1 Å². The summed E-state index contributed by atoms with van der Waals surface area (Å²) in [7, 11) is 0. The molecule has 0 saturated carbocycles. The van der Waals surface area contributed by atoms with Crippen molar-refractivity contribution >= 4 is 82.1 Å². The van der Waals surface area contributed by atoms with Crippen LogP contribution in [-0.2, 0) is 0 Å². The highest BCUT2D eigenvalue weighted by molar-refractivity contribution is 6.20. The van der Waals surface area contributed by atoms with E-state index < -0.39 is 0 Å². The summed E-state index contributed by atoms with van der Waals surface area (Å²) in [5.41, 5.74) is 9.66. The minimum atomic E-state index is 0.871. The molecular weight excluding hydrogens is 655 g/mol. The molecule has 1 heterocycles. The van der Waals surface area contributed by atoms with Gasteiger partial charge in [0.15, 0.2) is 0 Å². The van der Waals surface area contributed by atoms with Gasteiger partial charge in [0.05, 0.1) is 16.8 Å². The lowest BCUT2D eigenvalue weighted by molar-refractivity contribution is 0.670. The monoisotopic (exact) mass is 687 g/mol. The molecule has 0 spiro atoms. The van der Waals surface area contributed by atoms with Crippen LogP contribution in [0.3, 0.4) is 0 Å². The van der Waals surface area contributed by atoms with E-state index in [9.17, 15) is 0 Å². The van der Waals surface area contributed by atoms with E-state index in [1.54, 1.807) is 0 Å². The van der Waals surface area contributed by atoms with Gasteiger partial charge in [0, 0.05) is 22.0 Å². The van der Waals surface area contributed by atoms with Crippen molar-refractivity contribution in [2.45, 2.75) is 0 Å². The number of fused-ring (bicyclic) bond motifs is 8. The number of furan rings is 1. The molecular formula is C52H33NO. The standard InChI is InChI=1S/C52H33NO/c1-2-13-34(14-3-1)41-21-11-24-45-43(41)23-12-25-48(45)53(38-29-30-42-37(33-38)28-27-36-16-5-6-18-39(36)42)49-32-31-46(44-22-10-17-35-15-4-7-19-40(35)44)52-51(49)47-20-8-9-26-50(47)54-52/h1-33H. The van der Waals surface area contributed by atoms with Crippen molar-refractivity contribution in [3.8, 4) is 22.3 Å². The average molecular weight is 688 g/mol. The first-order chi connectivity index (χ1) is 26.8. The average Bonchev–Trinajstić information content (AvgIpc) is 3.64. The Kier molecular flexibility index (Phi) is 6.90. The first-order valence-corrected chi connectivity index (χ1v) is 18.5. The fourth-order valence-corrected chi connectivity index (χ4v) is 8.57. The van der Waals surface area contributed by atoms with Gasteiger partial charge in [-0.2, -0.15) is 0 Å². The predicted molar refractivity (Wildman–Crippen MR) is 229 cm³/mol. The number of hydrogen-bond acceptors (Lipinski definition) is 2. The minimum absolute atomic E-state index is 0.871. The van der Waals surface area contributed by atoms with E-state index in [1.807, 2.05) is 0 Å². The maximum absolute atomic E-state index is 6.91. The molecule has 0 N–H and O–H groups in total. The largest absolute Gasteiger partial charge is 0.455 e. The van der Waals surface area contributed by atoms with E-state index in [4.69, 9.17) is 4.42 Å². The third-order valence-electron chi connectivity index (χ3n) is 11.0. The summed E-state index contributed by atoms with van der Waals surface area (Å²) in [4.78, 5) is 2.45. The van der Waals surface area contributed by atoms with E-state index in [2.05, 4.69) is 205 Å². The molecule has 0 unspecified atom stereocenters. The predicted octanol–water partition coefficient (Wildman–Crippen LogP) is 15.0. The van der Waals surface area contributed by atoms with E-state index in [0.717, 1.165) is 50.1 Å². The maximum atomic E-state index is 6.91. The lowest BCUT2D eigenvalue weighted by atomic mass is 9.94. The molecule has 11 rings (SSSR count). The summed E-state index contributed by atoms with van der Waals surface area (Å²) >= 11 is 0. The Morgan fingerprint density at radius 1 is 0.333 bits per heavy atom. The van der Waals surface area contributed by atoms with Crippen LogP contribution < -0.4 is 4.90 Å². The van der Waals surface area contributed by atoms with Gasteiger partial charge in [-0.25, -0.2) is 0 Å². The van der Waals surface area contributed by atoms with Crippen LogP contribution in [0, 0.1) is 0 Å². The fraction of sp³-hybridized carbons (Fsp3) is 0. The van der Waals surface area contributed by atoms with Crippen molar-refractivity contribution in [1.29, 1.82) is 0 Å². The molecule has 0 aliphatic rings. The Bertz CT molecular complexity index is 3220.